The zero-order chi connectivity index (χ0) is 30.5. The van der Waals surface area contributed by atoms with Crippen LogP contribution < -0.4 is 15.4 Å². The Morgan fingerprint density at radius 3 is 2.60 bits per heavy atom. The number of aromatic nitrogens is 5. The molecule has 8 nitrogen and oxygen atoms in total. The van der Waals surface area contributed by atoms with Crippen molar-refractivity contribution in [3.63, 3.8) is 0 Å². The van der Waals surface area contributed by atoms with Crippen molar-refractivity contribution in [1.82, 2.24) is 35.1 Å². The Hall–Kier alpha value is -4.37. The van der Waals surface area contributed by atoms with Gasteiger partial charge in [-0.25, -0.2) is 9.97 Å². The second-order valence-electron chi connectivity index (χ2n) is 12.1. The second-order valence-corrected chi connectivity index (χ2v) is 12.5. The number of ether oxygens (including phenoxy) is 1. The number of rotatable bonds is 8. The molecule has 2 aliphatic rings. The van der Waals surface area contributed by atoms with Crippen LogP contribution in [0.1, 0.15) is 61.1 Å². The van der Waals surface area contributed by atoms with Gasteiger partial charge in [-0.1, -0.05) is 42.8 Å². The number of aryl methyl sites for hydroxylation is 1. The van der Waals surface area contributed by atoms with Gasteiger partial charge in [0.15, 0.2) is 6.10 Å². The highest BCUT2D eigenvalue weighted by atomic mass is 35.5. The zero-order valence-corrected chi connectivity index (χ0v) is 26.2. The molecule has 2 atom stereocenters. The third kappa shape index (κ3) is 5.03. The Labute approximate surface area is 267 Å². The van der Waals surface area contributed by atoms with E-state index in [4.69, 9.17) is 21.3 Å². The first-order valence-corrected chi connectivity index (χ1v) is 16.2. The first kappa shape index (κ1) is 28.1. The normalized spacial score (nSPS) is 17.4. The average Bonchev–Trinajstić information content (AvgIpc) is 3.88. The van der Waals surface area contributed by atoms with E-state index >= 15 is 0 Å². The summed E-state index contributed by atoms with van der Waals surface area (Å²) < 4.78 is 9.24. The van der Waals surface area contributed by atoms with Gasteiger partial charge in [-0.3, -0.25) is 0 Å². The van der Waals surface area contributed by atoms with Gasteiger partial charge in [-0.05, 0) is 74.3 Å². The summed E-state index contributed by atoms with van der Waals surface area (Å²) in [7, 11) is 2.15. The number of nitrogens with one attached hydrogen (secondary N) is 4. The van der Waals surface area contributed by atoms with Gasteiger partial charge in [0.05, 0.1) is 42.1 Å². The van der Waals surface area contributed by atoms with Gasteiger partial charge in [-0.15, -0.1) is 0 Å². The summed E-state index contributed by atoms with van der Waals surface area (Å²) in [4.78, 5) is 16.4. The quantitative estimate of drug-likeness (QED) is 0.131. The van der Waals surface area contributed by atoms with Gasteiger partial charge >= 0.3 is 0 Å². The van der Waals surface area contributed by atoms with Gasteiger partial charge in [0.25, 0.3) is 0 Å². The summed E-state index contributed by atoms with van der Waals surface area (Å²) in [5.74, 6) is 2.77. The highest BCUT2D eigenvalue weighted by Crippen LogP contribution is 2.50. The van der Waals surface area contributed by atoms with Crippen LogP contribution in [0.15, 0.2) is 73.1 Å². The molecule has 2 aliphatic heterocycles. The first-order chi connectivity index (χ1) is 22.1. The molecule has 0 bridgehead atoms. The molecule has 228 valence electrons. The van der Waals surface area contributed by atoms with Gasteiger partial charge in [-0.2, -0.15) is 0 Å². The number of aromatic amines is 2. The predicted octanol–water partition coefficient (Wildman–Crippen LogP) is 7.68. The fourth-order valence-electron chi connectivity index (χ4n) is 6.83. The molecule has 5 heterocycles. The van der Waals surface area contributed by atoms with E-state index in [-0.39, 0.29) is 6.10 Å². The van der Waals surface area contributed by atoms with Crippen molar-refractivity contribution < 1.29 is 4.74 Å². The maximum absolute atomic E-state index is 6.94. The molecule has 1 fully saturated rings. The molecule has 0 spiro atoms. The van der Waals surface area contributed by atoms with Crippen molar-refractivity contribution in [1.29, 1.82) is 0 Å². The van der Waals surface area contributed by atoms with E-state index in [1.54, 1.807) is 0 Å². The van der Waals surface area contributed by atoms with E-state index in [0.29, 0.717) is 17.6 Å². The summed E-state index contributed by atoms with van der Waals surface area (Å²) in [5.41, 5.74) is 9.71. The van der Waals surface area contributed by atoms with E-state index in [1.165, 1.54) is 6.42 Å². The fraction of sp³-hybridized carbons (Fsp3) is 0.278. The third-order valence-corrected chi connectivity index (χ3v) is 9.36. The lowest BCUT2D eigenvalue weighted by atomic mass is 9.91. The molecule has 4 N–H and O–H groups in total. The SMILES string of the molecule is CCCNCc1ncc(-c2ccc3c(c2)OC(c2ccc(Cl)cc2)c2c-3n(C)c3ccc(-c4cnc(C5CCCN5)[nH]4)cc23)[nH]1. The minimum absolute atomic E-state index is 0.294. The maximum atomic E-state index is 6.94. The maximum Gasteiger partial charge on any atom is 0.152 e. The lowest BCUT2D eigenvalue weighted by Gasteiger charge is -2.28. The topological polar surface area (TPSA) is 95.6 Å². The van der Waals surface area contributed by atoms with Crippen LogP contribution in [0.2, 0.25) is 5.02 Å². The monoisotopic (exact) mass is 617 g/mol. The number of imidazole rings is 2. The highest BCUT2D eigenvalue weighted by molar-refractivity contribution is 6.30. The van der Waals surface area contributed by atoms with Crippen molar-refractivity contribution >= 4 is 22.5 Å². The molecule has 1 saturated heterocycles. The minimum Gasteiger partial charge on any atom is -0.480 e. The van der Waals surface area contributed by atoms with Crippen molar-refractivity contribution in [2.24, 2.45) is 7.05 Å². The standard InChI is InChI=1S/C36H36ClN7O/c1-3-14-38-20-32-40-18-28(42-32)23-8-12-25-31(17-23)45-35(21-6-10-24(37)11-7-21)33-26-16-22(9-13-30(26)44(2)34(25)33)29-19-41-36(43-29)27-5-4-15-39-27/h6-13,16-19,27,35,38-39H,3-5,14-15,20H2,1-2H3,(H,40,42)(H,41,43). The predicted molar refractivity (Wildman–Crippen MR) is 179 cm³/mol. The smallest absolute Gasteiger partial charge is 0.152 e. The van der Waals surface area contributed by atoms with Crippen LogP contribution in [0, 0.1) is 0 Å². The Morgan fingerprint density at radius 1 is 0.978 bits per heavy atom. The molecule has 3 aromatic heterocycles. The molecular weight excluding hydrogens is 582 g/mol. The number of fused-ring (bicyclic) bond motifs is 5. The van der Waals surface area contributed by atoms with Crippen molar-refractivity contribution in [2.75, 3.05) is 13.1 Å². The highest BCUT2D eigenvalue weighted by Gasteiger charge is 2.33. The Bertz CT molecular complexity index is 2000. The lowest BCUT2D eigenvalue weighted by Crippen LogP contribution is -2.16. The van der Waals surface area contributed by atoms with Crippen molar-refractivity contribution in [3.8, 4) is 39.5 Å². The molecule has 6 aromatic rings. The molecule has 9 heteroatoms. The summed E-state index contributed by atoms with van der Waals surface area (Å²) >= 11 is 6.33. The van der Waals surface area contributed by atoms with Crippen LogP contribution in [-0.4, -0.2) is 37.6 Å². The van der Waals surface area contributed by atoms with Crippen LogP contribution in [0.4, 0.5) is 0 Å². The third-order valence-electron chi connectivity index (χ3n) is 9.11. The second kappa shape index (κ2) is 11.5. The number of hydrogen-bond acceptors (Lipinski definition) is 5. The largest absolute Gasteiger partial charge is 0.480 e. The van der Waals surface area contributed by atoms with E-state index in [0.717, 1.165) is 99.1 Å². The molecule has 8 rings (SSSR count). The molecule has 0 saturated carbocycles. The number of H-pyrrole nitrogens is 2. The van der Waals surface area contributed by atoms with Gasteiger partial charge in [0, 0.05) is 45.2 Å². The van der Waals surface area contributed by atoms with Crippen LogP contribution in [-0.2, 0) is 13.6 Å². The molecular formula is C36H36ClN7O. The molecule has 2 unspecified atom stereocenters. The van der Waals surface area contributed by atoms with Crippen molar-refractivity contribution in [3.05, 3.63) is 101 Å². The molecule has 0 aliphatic carbocycles. The van der Waals surface area contributed by atoms with E-state index in [2.05, 4.69) is 92.7 Å². The summed E-state index contributed by atoms with van der Waals surface area (Å²) in [5, 5.41) is 8.82. The lowest BCUT2D eigenvalue weighted by molar-refractivity contribution is 0.245. The summed E-state index contributed by atoms with van der Waals surface area (Å²) in [6.45, 7) is 4.88. The molecule has 0 radical (unpaired) electrons. The Balaban J connectivity index is 1.23. The van der Waals surface area contributed by atoms with E-state index < -0.39 is 0 Å². The Morgan fingerprint density at radius 2 is 1.78 bits per heavy atom. The summed E-state index contributed by atoms with van der Waals surface area (Å²) in [6, 6.07) is 21.4. The number of nitrogens with zero attached hydrogens (tertiary/aromatic N) is 3. The minimum atomic E-state index is -0.311. The Kier molecular flexibility index (Phi) is 7.20. The van der Waals surface area contributed by atoms with Crippen molar-refractivity contribution in [2.45, 2.75) is 44.9 Å². The van der Waals surface area contributed by atoms with E-state index in [9.17, 15) is 0 Å². The van der Waals surface area contributed by atoms with Crippen LogP contribution in [0.5, 0.6) is 5.75 Å². The summed E-state index contributed by atoms with van der Waals surface area (Å²) in [6.07, 6.45) is 6.92. The molecule has 0 amide bonds. The number of halogens is 1. The zero-order valence-electron chi connectivity index (χ0n) is 25.5. The average molecular weight is 618 g/mol. The van der Waals surface area contributed by atoms with Crippen LogP contribution in [0.3, 0.4) is 0 Å². The first-order valence-electron chi connectivity index (χ1n) is 15.8. The fourth-order valence-corrected chi connectivity index (χ4v) is 6.96. The van der Waals surface area contributed by atoms with Crippen LogP contribution in [0.25, 0.3) is 44.7 Å². The number of hydrogen-bond donors (Lipinski definition) is 4. The molecule has 45 heavy (non-hydrogen) atoms. The van der Waals surface area contributed by atoms with E-state index in [1.807, 2.05) is 24.5 Å². The van der Waals surface area contributed by atoms with Gasteiger partial charge in [0.1, 0.15) is 17.4 Å². The van der Waals surface area contributed by atoms with Gasteiger partial charge in [0.2, 0.25) is 0 Å². The molecule has 3 aromatic carbocycles. The van der Waals surface area contributed by atoms with Crippen LogP contribution >= 0.6 is 11.6 Å². The number of benzene rings is 3. The van der Waals surface area contributed by atoms with Gasteiger partial charge < -0.3 is 29.9 Å².